The van der Waals surface area contributed by atoms with Crippen LogP contribution in [0.4, 0.5) is 5.69 Å². The maximum Gasteiger partial charge on any atom is 0.253 e. The molecule has 0 bridgehead atoms. The molecule has 0 saturated carbocycles. The molecule has 3 N–H and O–H groups in total. The summed E-state index contributed by atoms with van der Waals surface area (Å²) in [6.45, 7) is 0.692. The number of hydrogen-bond acceptors (Lipinski definition) is 3. The number of benzene rings is 2. The minimum absolute atomic E-state index is 0.130. The van der Waals surface area contributed by atoms with E-state index in [1.165, 1.54) is 5.56 Å². The summed E-state index contributed by atoms with van der Waals surface area (Å²) in [5.74, 6) is -0.287. The second-order valence-corrected chi connectivity index (χ2v) is 5.06. The first kappa shape index (κ1) is 16.5. The molecule has 0 aromatic heterocycles. The maximum atomic E-state index is 12.3. The average Bonchev–Trinajstić information content (AvgIpc) is 2.60. The summed E-state index contributed by atoms with van der Waals surface area (Å²) in [6, 6.07) is 17.2. The van der Waals surface area contributed by atoms with Gasteiger partial charge in [-0.25, -0.2) is 0 Å². The molecule has 5 heteroatoms. The number of nitrogens with one attached hydrogen (secondary N) is 3. The minimum Gasteiger partial charge on any atom is -0.376 e. The fourth-order valence-corrected chi connectivity index (χ4v) is 2.16. The molecule has 120 valence electrons. The number of para-hydroxylation sites is 1. The van der Waals surface area contributed by atoms with Crippen LogP contribution >= 0.6 is 0 Å². The summed E-state index contributed by atoms with van der Waals surface area (Å²) < 4.78 is 0. The number of likely N-dealkylation sites (N-methyl/N-ethyl adjacent to an activating group) is 1. The van der Waals surface area contributed by atoms with Crippen molar-refractivity contribution in [2.24, 2.45) is 0 Å². The normalized spacial score (nSPS) is 9.96. The van der Waals surface area contributed by atoms with Crippen molar-refractivity contribution in [1.29, 1.82) is 0 Å². The Bertz CT molecular complexity index is 656. The van der Waals surface area contributed by atoms with Crippen molar-refractivity contribution in [2.45, 2.75) is 6.42 Å². The first-order valence-corrected chi connectivity index (χ1v) is 7.56. The lowest BCUT2D eigenvalue weighted by Crippen LogP contribution is -2.29. The lowest BCUT2D eigenvalue weighted by molar-refractivity contribution is -0.118. The van der Waals surface area contributed by atoms with Crippen LogP contribution in [0.3, 0.4) is 0 Å². The summed E-state index contributed by atoms with van der Waals surface area (Å²) in [6.07, 6.45) is 0.778. The average molecular weight is 311 g/mol. The Labute approximate surface area is 136 Å². The van der Waals surface area contributed by atoms with Gasteiger partial charge in [0, 0.05) is 19.3 Å². The Morgan fingerprint density at radius 1 is 0.957 bits per heavy atom. The van der Waals surface area contributed by atoms with Gasteiger partial charge in [-0.2, -0.15) is 0 Å². The highest BCUT2D eigenvalue weighted by molar-refractivity contribution is 6.00. The van der Waals surface area contributed by atoms with Crippen molar-refractivity contribution in [3.8, 4) is 0 Å². The van der Waals surface area contributed by atoms with Crippen molar-refractivity contribution in [1.82, 2.24) is 10.6 Å². The van der Waals surface area contributed by atoms with Gasteiger partial charge < -0.3 is 16.0 Å². The summed E-state index contributed by atoms with van der Waals surface area (Å²) in [4.78, 5) is 23.6. The molecule has 0 fully saturated rings. The molecule has 2 aromatic rings. The number of hydrogen-bond donors (Lipinski definition) is 3. The van der Waals surface area contributed by atoms with E-state index >= 15 is 0 Å². The Morgan fingerprint density at radius 3 is 2.39 bits per heavy atom. The molecule has 0 saturated heterocycles. The van der Waals surface area contributed by atoms with Gasteiger partial charge in [0.05, 0.1) is 12.1 Å². The van der Waals surface area contributed by atoms with E-state index in [-0.39, 0.29) is 18.4 Å². The van der Waals surface area contributed by atoms with E-state index in [4.69, 9.17) is 0 Å². The van der Waals surface area contributed by atoms with Crippen LogP contribution in [-0.2, 0) is 11.2 Å². The fraction of sp³-hybridized carbons (Fsp3) is 0.222. The van der Waals surface area contributed by atoms with Crippen LogP contribution < -0.4 is 16.0 Å². The van der Waals surface area contributed by atoms with E-state index in [0.717, 1.165) is 6.42 Å². The van der Waals surface area contributed by atoms with Crippen molar-refractivity contribution in [3.05, 3.63) is 65.7 Å². The fourth-order valence-electron chi connectivity index (χ4n) is 2.16. The second kappa shape index (κ2) is 8.58. The van der Waals surface area contributed by atoms with Crippen LogP contribution in [0, 0.1) is 0 Å². The molecule has 5 nitrogen and oxygen atoms in total. The zero-order chi connectivity index (χ0) is 16.5. The molecule has 0 aliphatic heterocycles. The smallest absolute Gasteiger partial charge is 0.253 e. The van der Waals surface area contributed by atoms with Gasteiger partial charge in [0.25, 0.3) is 5.91 Å². The highest BCUT2D eigenvalue weighted by Crippen LogP contribution is 2.14. The van der Waals surface area contributed by atoms with Crippen molar-refractivity contribution >= 4 is 17.5 Å². The molecule has 0 heterocycles. The zero-order valence-corrected chi connectivity index (χ0v) is 13.1. The molecule has 23 heavy (non-hydrogen) atoms. The lowest BCUT2D eigenvalue weighted by atomic mass is 10.1. The van der Waals surface area contributed by atoms with Crippen LogP contribution in [0.2, 0.25) is 0 Å². The molecule has 0 aliphatic rings. The Kier molecular flexibility index (Phi) is 6.17. The van der Waals surface area contributed by atoms with Crippen LogP contribution in [0.5, 0.6) is 0 Å². The molecule has 2 rings (SSSR count). The predicted molar refractivity (Wildman–Crippen MR) is 91.5 cm³/mol. The third-order valence-corrected chi connectivity index (χ3v) is 3.43. The van der Waals surface area contributed by atoms with Gasteiger partial charge in [-0.1, -0.05) is 42.5 Å². The highest BCUT2D eigenvalue weighted by Gasteiger charge is 2.10. The summed E-state index contributed by atoms with van der Waals surface area (Å²) in [5.41, 5.74) is 2.36. The first-order chi connectivity index (χ1) is 11.2. The predicted octanol–water partition coefficient (Wildman–Crippen LogP) is 1.82. The second-order valence-electron chi connectivity index (χ2n) is 5.06. The molecule has 2 aromatic carbocycles. The van der Waals surface area contributed by atoms with Gasteiger partial charge in [-0.15, -0.1) is 0 Å². The van der Waals surface area contributed by atoms with Crippen LogP contribution in [-0.4, -0.2) is 32.0 Å². The monoisotopic (exact) mass is 311 g/mol. The number of carbonyl (C=O) groups is 2. The standard InChI is InChI=1S/C18H21N3O2/c1-19-17(22)13-21-16-10-6-5-9-15(16)18(23)20-12-11-14-7-3-2-4-8-14/h2-10,21H,11-13H2,1H3,(H,19,22)(H,20,23). The number of anilines is 1. The maximum absolute atomic E-state index is 12.3. The largest absolute Gasteiger partial charge is 0.376 e. The number of rotatable bonds is 7. The van der Waals surface area contributed by atoms with Gasteiger partial charge in [0.2, 0.25) is 5.91 Å². The quantitative estimate of drug-likeness (QED) is 0.730. The van der Waals surface area contributed by atoms with Crippen LogP contribution in [0.15, 0.2) is 54.6 Å². The van der Waals surface area contributed by atoms with Crippen LogP contribution in [0.25, 0.3) is 0 Å². The highest BCUT2D eigenvalue weighted by atomic mass is 16.2. The molecular weight excluding hydrogens is 290 g/mol. The van der Waals surface area contributed by atoms with Gasteiger partial charge >= 0.3 is 0 Å². The molecule has 0 radical (unpaired) electrons. The SMILES string of the molecule is CNC(=O)CNc1ccccc1C(=O)NCCc1ccccc1. The van der Waals surface area contributed by atoms with E-state index in [1.54, 1.807) is 25.2 Å². The van der Waals surface area contributed by atoms with E-state index in [2.05, 4.69) is 16.0 Å². The van der Waals surface area contributed by atoms with E-state index in [1.807, 2.05) is 36.4 Å². The summed E-state index contributed by atoms with van der Waals surface area (Å²) in [7, 11) is 1.58. The zero-order valence-electron chi connectivity index (χ0n) is 13.1. The molecule has 0 spiro atoms. The molecule has 2 amide bonds. The van der Waals surface area contributed by atoms with Gasteiger partial charge in [-0.3, -0.25) is 9.59 Å². The lowest BCUT2D eigenvalue weighted by Gasteiger charge is -2.12. The topological polar surface area (TPSA) is 70.2 Å². The van der Waals surface area contributed by atoms with E-state index in [0.29, 0.717) is 17.8 Å². The Morgan fingerprint density at radius 2 is 1.65 bits per heavy atom. The van der Waals surface area contributed by atoms with Crippen LogP contribution in [0.1, 0.15) is 15.9 Å². The summed E-state index contributed by atoms with van der Waals surface area (Å²) in [5, 5.41) is 8.42. The minimum atomic E-state index is -0.152. The molecule has 0 aliphatic carbocycles. The molecular formula is C18H21N3O2. The van der Waals surface area contributed by atoms with E-state index < -0.39 is 0 Å². The molecule has 0 atom stereocenters. The number of carbonyl (C=O) groups excluding carboxylic acids is 2. The third kappa shape index (κ3) is 5.14. The first-order valence-electron chi connectivity index (χ1n) is 7.56. The Hall–Kier alpha value is -2.82. The van der Waals surface area contributed by atoms with Gasteiger partial charge in [0.1, 0.15) is 0 Å². The van der Waals surface area contributed by atoms with Crippen molar-refractivity contribution in [2.75, 3.05) is 25.5 Å². The number of amides is 2. The van der Waals surface area contributed by atoms with Crippen molar-refractivity contribution < 1.29 is 9.59 Å². The third-order valence-electron chi connectivity index (χ3n) is 3.43. The Balaban J connectivity index is 1.92. The molecule has 0 unspecified atom stereocenters. The van der Waals surface area contributed by atoms with Gasteiger partial charge in [0.15, 0.2) is 0 Å². The van der Waals surface area contributed by atoms with E-state index in [9.17, 15) is 9.59 Å². The summed E-state index contributed by atoms with van der Waals surface area (Å²) >= 11 is 0. The van der Waals surface area contributed by atoms with Gasteiger partial charge in [-0.05, 0) is 24.1 Å². The van der Waals surface area contributed by atoms with Crippen molar-refractivity contribution in [3.63, 3.8) is 0 Å².